The van der Waals surface area contributed by atoms with Gasteiger partial charge >= 0.3 is 0 Å². The molecule has 0 spiro atoms. The number of carbonyl (C=O) groups is 1. The Kier molecular flexibility index (Phi) is 5.43. The quantitative estimate of drug-likeness (QED) is 0.846. The van der Waals surface area contributed by atoms with E-state index in [9.17, 15) is 4.79 Å². The summed E-state index contributed by atoms with van der Waals surface area (Å²) in [4.78, 5) is 20.4. The molecule has 126 valence electrons. The van der Waals surface area contributed by atoms with Crippen molar-refractivity contribution < 1.29 is 9.53 Å². The van der Waals surface area contributed by atoms with E-state index in [1.165, 1.54) is 11.3 Å². The van der Waals surface area contributed by atoms with Crippen LogP contribution in [0.25, 0.3) is 0 Å². The van der Waals surface area contributed by atoms with Crippen molar-refractivity contribution >= 4 is 11.6 Å². The van der Waals surface area contributed by atoms with Crippen LogP contribution in [0.2, 0.25) is 0 Å². The lowest BCUT2D eigenvalue weighted by atomic mass is 10.2. The van der Waals surface area contributed by atoms with Crippen LogP contribution in [-0.2, 0) is 16.1 Å². The van der Waals surface area contributed by atoms with Gasteiger partial charge in [-0.15, -0.1) is 0 Å². The Morgan fingerprint density at radius 3 is 2.38 bits per heavy atom. The van der Waals surface area contributed by atoms with Crippen LogP contribution in [0.3, 0.4) is 0 Å². The van der Waals surface area contributed by atoms with Gasteiger partial charge in [-0.05, 0) is 36.8 Å². The summed E-state index contributed by atoms with van der Waals surface area (Å²) in [6.45, 7) is 5.87. The zero-order valence-electron chi connectivity index (χ0n) is 14.0. The predicted molar refractivity (Wildman–Crippen MR) is 93.9 cm³/mol. The molecule has 0 saturated carbocycles. The summed E-state index contributed by atoms with van der Waals surface area (Å²) in [5.74, 6) is 0.0626. The van der Waals surface area contributed by atoms with Gasteiger partial charge in [0.1, 0.15) is 6.61 Å². The predicted octanol–water partition coefficient (Wildman–Crippen LogP) is 2.26. The first-order valence-corrected chi connectivity index (χ1v) is 8.28. The van der Waals surface area contributed by atoms with Crippen molar-refractivity contribution in [2.75, 3.05) is 37.7 Å². The molecule has 0 atom stereocenters. The number of nitrogens with zero attached hydrogens (tertiary/aromatic N) is 3. The summed E-state index contributed by atoms with van der Waals surface area (Å²) in [5, 5.41) is 0. The number of aryl methyl sites for hydroxylation is 1. The molecule has 1 aliphatic rings. The Balaban J connectivity index is 1.42. The summed E-state index contributed by atoms with van der Waals surface area (Å²) in [7, 11) is 0. The van der Waals surface area contributed by atoms with E-state index >= 15 is 0 Å². The van der Waals surface area contributed by atoms with Crippen molar-refractivity contribution in [1.29, 1.82) is 0 Å². The second-order valence-electron chi connectivity index (χ2n) is 6.05. The minimum absolute atomic E-state index is 0.0626. The molecule has 1 aromatic carbocycles. The number of pyridine rings is 1. The van der Waals surface area contributed by atoms with Gasteiger partial charge < -0.3 is 14.5 Å². The summed E-state index contributed by atoms with van der Waals surface area (Å²) >= 11 is 0. The Morgan fingerprint density at radius 2 is 1.71 bits per heavy atom. The van der Waals surface area contributed by atoms with Crippen LogP contribution >= 0.6 is 0 Å². The number of anilines is 1. The highest BCUT2D eigenvalue weighted by Crippen LogP contribution is 2.17. The molecule has 0 aliphatic carbocycles. The molecule has 5 heteroatoms. The zero-order chi connectivity index (χ0) is 16.8. The molecule has 2 heterocycles. The number of carbonyl (C=O) groups excluding carboxylic acids is 1. The number of benzene rings is 1. The second-order valence-corrected chi connectivity index (χ2v) is 6.05. The highest BCUT2D eigenvalue weighted by Gasteiger charge is 2.21. The number of amides is 1. The Hall–Kier alpha value is -2.40. The van der Waals surface area contributed by atoms with Gasteiger partial charge in [-0.3, -0.25) is 9.78 Å². The minimum atomic E-state index is 0.0626. The van der Waals surface area contributed by atoms with Crippen molar-refractivity contribution in [2.45, 2.75) is 13.5 Å². The molecule has 5 nitrogen and oxygen atoms in total. The third-order valence-corrected chi connectivity index (χ3v) is 4.28. The summed E-state index contributed by atoms with van der Waals surface area (Å²) in [5.41, 5.74) is 3.52. The average molecular weight is 325 g/mol. The SMILES string of the molecule is Cc1ccc(N2CCN(C(=O)COCc3ccncc3)CC2)cc1. The van der Waals surface area contributed by atoms with Crippen LogP contribution < -0.4 is 4.90 Å². The van der Waals surface area contributed by atoms with Gasteiger partial charge in [0.25, 0.3) is 0 Å². The topological polar surface area (TPSA) is 45.7 Å². The minimum Gasteiger partial charge on any atom is -0.368 e. The van der Waals surface area contributed by atoms with Gasteiger partial charge in [-0.1, -0.05) is 17.7 Å². The molecule has 1 fully saturated rings. The van der Waals surface area contributed by atoms with E-state index in [4.69, 9.17) is 4.74 Å². The molecule has 0 bridgehead atoms. The lowest BCUT2D eigenvalue weighted by Crippen LogP contribution is -2.49. The molecular formula is C19H23N3O2. The number of piperazine rings is 1. The van der Waals surface area contributed by atoms with Gasteiger partial charge in [-0.25, -0.2) is 0 Å². The van der Waals surface area contributed by atoms with Crippen LogP contribution in [0.5, 0.6) is 0 Å². The van der Waals surface area contributed by atoms with E-state index in [1.807, 2.05) is 17.0 Å². The average Bonchev–Trinajstić information content (AvgIpc) is 2.63. The molecule has 2 aromatic rings. The fourth-order valence-electron chi connectivity index (χ4n) is 2.80. The van der Waals surface area contributed by atoms with Gasteiger partial charge in [0.05, 0.1) is 6.61 Å². The van der Waals surface area contributed by atoms with Crippen molar-refractivity contribution in [3.8, 4) is 0 Å². The third kappa shape index (κ3) is 4.32. The van der Waals surface area contributed by atoms with Gasteiger partial charge in [0.15, 0.2) is 0 Å². The monoisotopic (exact) mass is 325 g/mol. The standard InChI is InChI=1S/C19H23N3O2/c1-16-2-4-18(5-3-16)21-10-12-22(13-11-21)19(23)15-24-14-17-6-8-20-9-7-17/h2-9H,10-15H2,1H3. The smallest absolute Gasteiger partial charge is 0.248 e. The molecule has 1 aliphatic heterocycles. The maximum absolute atomic E-state index is 12.2. The Bertz CT molecular complexity index is 650. The van der Waals surface area contributed by atoms with Crippen molar-refractivity contribution in [3.63, 3.8) is 0 Å². The number of hydrogen-bond donors (Lipinski definition) is 0. The Labute approximate surface area is 142 Å². The fraction of sp³-hybridized carbons (Fsp3) is 0.368. The summed E-state index contributed by atoms with van der Waals surface area (Å²) in [6.07, 6.45) is 3.45. The van der Waals surface area contributed by atoms with E-state index in [2.05, 4.69) is 41.1 Å². The number of hydrogen-bond acceptors (Lipinski definition) is 4. The normalized spacial score (nSPS) is 14.7. The van der Waals surface area contributed by atoms with E-state index in [0.717, 1.165) is 31.7 Å². The number of ether oxygens (including phenoxy) is 1. The largest absolute Gasteiger partial charge is 0.368 e. The highest BCUT2D eigenvalue weighted by molar-refractivity contribution is 5.77. The summed E-state index contributed by atoms with van der Waals surface area (Å²) < 4.78 is 5.53. The molecule has 0 unspecified atom stereocenters. The van der Waals surface area contributed by atoms with Crippen LogP contribution in [0.15, 0.2) is 48.8 Å². The van der Waals surface area contributed by atoms with Crippen molar-refractivity contribution in [1.82, 2.24) is 9.88 Å². The fourth-order valence-corrected chi connectivity index (χ4v) is 2.80. The van der Waals surface area contributed by atoms with Crippen LogP contribution in [0.1, 0.15) is 11.1 Å². The van der Waals surface area contributed by atoms with Crippen LogP contribution in [0, 0.1) is 6.92 Å². The van der Waals surface area contributed by atoms with E-state index in [-0.39, 0.29) is 12.5 Å². The van der Waals surface area contributed by atoms with E-state index in [1.54, 1.807) is 12.4 Å². The lowest BCUT2D eigenvalue weighted by Gasteiger charge is -2.36. The van der Waals surface area contributed by atoms with Gasteiger partial charge in [-0.2, -0.15) is 0 Å². The molecule has 3 rings (SSSR count). The maximum atomic E-state index is 12.2. The Morgan fingerprint density at radius 1 is 1.04 bits per heavy atom. The molecule has 0 radical (unpaired) electrons. The third-order valence-electron chi connectivity index (χ3n) is 4.28. The van der Waals surface area contributed by atoms with Crippen molar-refractivity contribution in [2.24, 2.45) is 0 Å². The highest BCUT2D eigenvalue weighted by atomic mass is 16.5. The number of aromatic nitrogens is 1. The molecule has 1 amide bonds. The first-order valence-electron chi connectivity index (χ1n) is 8.28. The van der Waals surface area contributed by atoms with Crippen molar-refractivity contribution in [3.05, 3.63) is 59.9 Å². The lowest BCUT2D eigenvalue weighted by molar-refractivity contribution is -0.136. The summed E-state index contributed by atoms with van der Waals surface area (Å²) in [6, 6.07) is 12.3. The van der Waals surface area contributed by atoms with Crippen LogP contribution in [-0.4, -0.2) is 48.6 Å². The first-order chi connectivity index (χ1) is 11.7. The maximum Gasteiger partial charge on any atom is 0.248 e. The zero-order valence-corrected chi connectivity index (χ0v) is 14.0. The van der Waals surface area contributed by atoms with E-state index < -0.39 is 0 Å². The van der Waals surface area contributed by atoms with Gasteiger partial charge in [0.2, 0.25) is 5.91 Å². The number of rotatable bonds is 5. The second kappa shape index (κ2) is 7.93. The van der Waals surface area contributed by atoms with Gasteiger partial charge in [0, 0.05) is 44.3 Å². The molecule has 24 heavy (non-hydrogen) atoms. The molecule has 1 aromatic heterocycles. The molecule has 1 saturated heterocycles. The van der Waals surface area contributed by atoms with Crippen LogP contribution in [0.4, 0.5) is 5.69 Å². The van der Waals surface area contributed by atoms with E-state index in [0.29, 0.717) is 6.61 Å². The molecular weight excluding hydrogens is 302 g/mol. The first kappa shape index (κ1) is 16.5. The molecule has 0 N–H and O–H groups in total.